The van der Waals surface area contributed by atoms with Crippen LogP contribution in [0.15, 0.2) is 47.5 Å². The summed E-state index contributed by atoms with van der Waals surface area (Å²) in [5.41, 5.74) is 1.70. The zero-order valence-electron chi connectivity index (χ0n) is 11.2. The molecule has 3 aromatic rings. The normalized spacial score (nSPS) is 10.4. The van der Waals surface area contributed by atoms with Gasteiger partial charge in [0.1, 0.15) is 11.6 Å². The Morgan fingerprint density at radius 3 is 2.62 bits per heavy atom. The van der Waals surface area contributed by atoms with Crippen LogP contribution >= 0.6 is 15.9 Å². The molecule has 7 heteroatoms. The summed E-state index contributed by atoms with van der Waals surface area (Å²) in [5, 5.41) is 3.06. The number of halogens is 1. The van der Waals surface area contributed by atoms with Gasteiger partial charge in [-0.25, -0.2) is 19.9 Å². The van der Waals surface area contributed by atoms with Crippen molar-refractivity contribution in [2.75, 3.05) is 5.32 Å². The van der Waals surface area contributed by atoms with E-state index >= 15 is 0 Å². The number of aryl methyl sites for hydroxylation is 1. The SMILES string of the molecule is Cc1nc(Nc2ncccn2)cc(-c2cncc(Br)c2)n1. The molecule has 0 amide bonds. The molecule has 1 N–H and O–H groups in total. The summed E-state index contributed by atoms with van der Waals surface area (Å²) >= 11 is 3.41. The summed E-state index contributed by atoms with van der Waals surface area (Å²) < 4.78 is 0.900. The van der Waals surface area contributed by atoms with Crippen molar-refractivity contribution in [2.24, 2.45) is 0 Å². The highest BCUT2D eigenvalue weighted by molar-refractivity contribution is 9.10. The van der Waals surface area contributed by atoms with E-state index in [1.54, 1.807) is 30.9 Å². The van der Waals surface area contributed by atoms with Crippen LogP contribution < -0.4 is 5.32 Å². The van der Waals surface area contributed by atoms with Crippen molar-refractivity contribution in [1.29, 1.82) is 0 Å². The number of rotatable bonds is 3. The zero-order chi connectivity index (χ0) is 14.7. The highest BCUT2D eigenvalue weighted by Crippen LogP contribution is 2.22. The molecule has 0 radical (unpaired) electrons. The van der Waals surface area contributed by atoms with Gasteiger partial charge in [0.05, 0.1) is 5.69 Å². The lowest BCUT2D eigenvalue weighted by Crippen LogP contribution is -2.01. The van der Waals surface area contributed by atoms with Crippen molar-refractivity contribution >= 4 is 27.7 Å². The summed E-state index contributed by atoms with van der Waals surface area (Å²) in [6, 6.07) is 5.55. The van der Waals surface area contributed by atoms with Crippen LogP contribution in [0.4, 0.5) is 11.8 Å². The van der Waals surface area contributed by atoms with E-state index in [1.165, 1.54) is 0 Å². The van der Waals surface area contributed by atoms with Crippen LogP contribution in [0.25, 0.3) is 11.3 Å². The number of aromatic nitrogens is 5. The lowest BCUT2D eigenvalue weighted by Gasteiger charge is -2.07. The maximum absolute atomic E-state index is 4.43. The minimum absolute atomic E-state index is 0.494. The Balaban J connectivity index is 1.97. The van der Waals surface area contributed by atoms with Crippen molar-refractivity contribution in [3.05, 3.63) is 53.3 Å². The topological polar surface area (TPSA) is 76.5 Å². The van der Waals surface area contributed by atoms with Crippen LogP contribution in [-0.2, 0) is 0 Å². The Kier molecular flexibility index (Phi) is 3.83. The third-order valence-electron chi connectivity index (χ3n) is 2.64. The molecular formula is C14H11BrN6. The van der Waals surface area contributed by atoms with E-state index in [2.05, 4.69) is 46.2 Å². The Morgan fingerprint density at radius 2 is 1.86 bits per heavy atom. The van der Waals surface area contributed by atoms with Gasteiger partial charge in [-0.1, -0.05) is 0 Å². The smallest absolute Gasteiger partial charge is 0.228 e. The molecule has 3 rings (SSSR count). The molecule has 0 fully saturated rings. The Labute approximate surface area is 129 Å². The average Bonchev–Trinajstić information content (AvgIpc) is 2.48. The van der Waals surface area contributed by atoms with Crippen molar-refractivity contribution in [3.63, 3.8) is 0 Å². The number of anilines is 2. The van der Waals surface area contributed by atoms with E-state index in [-0.39, 0.29) is 0 Å². The molecule has 0 aliphatic rings. The number of hydrogen-bond donors (Lipinski definition) is 1. The summed E-state index contributed by atoms with van der Waals surface area (Å²) in [6.07, 6.45) is 6.83. The molecule has 0 aliphatic heterocycles. The fraction of sp³-hybridized carbons (Fsp3) is 0.0714. The third kappa shape index (κ3) is 3.38. The van der Waals surface area contributed by atoms with Gasteiger partial charge in [-0.3, -0.25) is 4.98 Å². The molecule has 0 aliphatic carbocycles. The number of nitrogens with zero attached hydrogens (tertiary/aromatic N) is 5. The van der Waals surface area contributed by atoms with Crippen LogP contribution in [0.5, 0.6) is 0 Å². The van der Waals surface area contributed by atoms with E-state index in [9.17, 15) is 0 Å². The molecule has 3 aromatic heterocycles. The number of hydrogen-bond acceptors (Lipinski definition) is 6. The summed E-state index contributed by atoms with van der Waals surface area (Å²) in [7, 11) is 0. The van der Waals surface area contributed by atoms with E-state index in [4.69, 9.17) is 0 Å². The van der Waals surface area contributed by atoms with E-state index in [1.807, 2.05) is 19.1 Å². The second kappa shape index (κ2) is 5.92. The second-order valence-electron chi connectivity index (χ2n) is 4.27. The molecular weight excluding hydrogens is 332 g/mol. The molecule has 0 saturated carbocycles. The molecule has 0 aromatic carbocycles. The van der Waals surface area contributed by atoms with Crippen LogP contribution in [0.1, 0.15) is 5.82 Å². The molecule has 0 atom stereocenters. The highest BCUT2D eigenvalue weighted by atomic mass is 79.9. The zero-order valence-corrected chi connectivity index (χ0v) is 12.7. The Hall–Kier alpha value is -2.41. The average molecular weight is 343 g/mol. The van der Waals surface area contributed by atoms with Crippen LogP contribution in [0, 0.1) is 6.92 Å². The standard InChI is InChI=1S/C14H11BrN6/c1-9-19-12(10-5-11(15)8-16-7-10)6-13(20-9)21-14-17-3-2-4-18-14/h2-8H,1H3,(H,17,18,19,20,21). The fourth-order valence-electron chi connectivity index (χ4n) is 1.81. The largest absolute Gasteiger partial charge is 0.309 e. The molecule has 0 spiro atoms. The first-order valence-corrected chi connectivity index (χ1v) is 7.01. The summed E-state index contributed by atoms with van der Waals surface area (Å²) in [6.45, 7) is 1.84. The van der Waals surface area contributed by atoms with Crippen LogP contribution in [0.2, 0.25) is 0 Å². The second-order valence-corrected chi connectivity index (χ2v) is 5.19. The highest BCUT2D eigenvalue weighted by Gasteiger charge is 2.06. The van der Waals surface area contributed by atoms with Crippen molar-refractivity contribution in [2.45, 2.75) is 6.92 Å². The van der Waals surface area contributed by atoms with Crippen molar-refractivity contribution in [3.8, 4) is 11.3 Å². The van der Waals surface area contributed by atoms with Gasteiger partial charge in [0.15, 0.2) is 0 Å². The molecule has 6 nitrogen and oxygen atoms in total. The molecule has 0 saturated heterocycles. The van der Waals surface area contributed by atoms with Gasteiger partial charge in [0, 0.05) is 40.9 Å². The minimum atomic E-state index is 0.494. The van der Waals surface area contributed by atoms with E-state index in [0.717, 1.165) is 15.7 Å². The fourth-order valence-corrected chi connectivity index (χ4v) is 2.17. The lowest BCUT2D eigenvalue weighted by molar-refractivity contribution is 1.05. The van der Waals surface area contributed by atoms with E-state index < -0.39 is 0 Å². The Morgan fingerprint density at radius 1 is 1.05 bits per heavy atom. The van der Waals surface area contributed by atoms with Gasteiger partial charge in [-0.05, 0) is 35.0 Å². The number of pyridine rings is 1. The van der Waals surface area contributed by atoms with Gasteiger partial charge >= 0.3 is 0 Å². The third-order valence-corrected chi connectivity index (χ3v) is 3.08. The lowest BCUT2D eigenvalue weighted by atomic mass is 10.2. The first kappa shape index (κ1) is 13.6. The number of nitrogens with one attached hydrogen (secondary N) is 1. The molecule has 21 heavy (non-hydrogen) atoms. The van der Waals surface area contributed by atoms with Gasteiger partial charge < -0.3 is 5.32 Å². The quantitative estimate of drug-likeness (QED) is 0.787. The minimum Gasteiger partial charge on any atom is -0.309 e. The first-order valence-electron chi connectivity index (χ1n) is 6.21. The molecule has 0 bridgehead atoms. The van der Waals surface area contributed by atoms with Gasteiger partial charge in [0.25, 0.3) is 0 Å². The monoisotopic (exact) mass is 342 g/mol. The molecule has 0 unspecified atom stereocenters. The summed E-state index contributed by atoms with van der Waals surface area (Å²) in [5.74, 6) is 1.79. The van der Waals surface area contributed by atoms with Crippen molar-refractivity contribution < 1.29 is 0 Å². The van der Waals surface area contributed by atoms with Gasteiger partial charge in [0.2, 0.25) is 5.95 Å². The molecule has 104 valence electrons. The van der Waals surface area contributed by atoms with E-state index in [0.29, 0.717) is 17.6 Å². The molecule has 3 heterocycles. The van der Waals surface area contributed by atoms with Gasteiger partial charge in [-0.2, -0.15) is 0 Å². The Bertz CT molecular complexity index is 762. The first-order chi connectivity index (χ1) is 10.2. The predicted octanol–water partition coefficient (Wildman–Crippen LogP) is 3.14. The maximum Gasteiger partial charge on any atom is 0.228 e. The maximum atomic E-state index is 4.43. The van der Waals surface area contributed by atoms with Crippen LogP contribution in [-0.4, -0.2) is 24.9 Å². The summed E-state index contributed by atoms with van der Waals surface area (Å²) in [4.78, 5) is 21.2. The predicted molar refractivity (Wildman–Crippen MR) is 83.0 cm³/mol. The van der Waals surface area contributed by atoms with Gasteiger partial charge in [-0.15, -0.1) is 0 Å². The van der Waals surface area contributed by atoms with Crippen LogP contribution in [0.3, 0.4) is 0 Å². The van der Waals surface area contributed by atoms with Crippen molar-refractivity contribution in [1.82, 2.24) is 24.9 Å².